The molecule has 2 heterocycles. The van der Waals surface area contributed by atoms with Crippen LogP contribution in [0.4, 0.5) is 4.79 Å². The van der Waals surface area contributed by atoms with Gasteiger partial charge in [0.2, 0.25) is 5.91 Å². The van der Waals surface area contributed by atoms with Crippen LogP contribution in [-0.4, -0.2) is 41.1 Å². The minimum Gasteiger partial charge on any atom is -0.492 e. The van der Waals surface area contributed by atoms with Gasteiger partial charge < -0.3 is 10.1 Å². The number of aryl methyl sites for hydroxylation is 1. The Balaban J connectivity index is 1.07. The molecule has 0 spiro atoms. The van der Waals surface area contributed by atoms with Crippen LogP contribution in [0, 0.1) is 0 Å². The first kappa shape index (κ1) is 21.8. The maximum absolute atomic E-state index is 11.6. The van der Waals surface area contributed by atoms with Gasteiger partial charge in [0.15, 0.2) is 0 Å². The number of benzene rings is 2. The Morgan fingerprint density at radius 1 is 1.03 bits per heavy atom. The molecule has 162 valence electrons. The lowest BCUT2D eigenvalue weighted by Crippen LogP contribution is -2.25. The van der Waals surface area contributed by atoms with Gasteiger partial charge in [-0.2, -0.15) is 0 Å². The topological polar surface area (TPSA) is 80.3 Å². The third-order valence-electron chi connectivity index (χ3n) is 4.99. The van der Waals surface area contributed by atoms with E-state index in [2.05, 4.69) is 33.8 Å². The molecule has 0 bridgehead atoms. The number of carbonyl (C=O) groups is 2. The van der Waals surface area contributed by atoms with Crippen molar-refractivity contribution in [3.63, 3.8) is 0 Å². The summed E-state index contributed by atoms with van der Waals surface area (Å²) in [6.07, 6.45) is 3.80. The Hall–Kier alpha value is -2.42. The highest BCUT2D eigenvalue weighted by atomic mass is 32.2. The van der Waals surface area contributed by atoms with Crippen LogP contribution in [0.3, 0.4) is 0 Å². The van der Waals surface area contributed by atoms with E-state index in [0.29, 0.717) is 13.0 Å². The molecule has 4 rings (SSSR count). The minimum atomic E-state index is -0.335. The predicted octanol–water partition coefficient (Wildman–Crippen LogP) is 4.18. The zero-order valence-corrected chi connectivity index (χ0v) is 18.8. The first-order chi connectivity index (χ1) is 15.2. The van der Waals surface area contributed by atoms with Gasteiger partial charge in [-0.05, 0) is 62.1 Å². The Morgan fingerprint density at radius 3 is 2.65 bits per heavy atom. The highest BCUT2D eigenvalue weighted by Crippen LogP contribution is 2.24. The second-order valence-electron chi connectivity index (χ2n) is 7.36. The summed E-state index contributed by atoms with van der Waals surface area (Å²) in [5, 5.41) is 6.35. The van der Waals surface area contributed by atoms with E-state index in [1.807, 2.05) is 30.3 Å². The van der Waals surface area contributed by atoms with Crippen LogP contribution in [-0.2, 0) is 17.6 Å². The van der Waals surface area contributed by atoms with Gasteiger partial charge in [0.25, 0.3) is 5.24 Å². The lowest BCUT2D eigenvalue weighted by atomic mass is 10.1. The molecule has 1 fully saturated rings. The molecule has 0 saturated carbocycles. The second-order valence-corrected chi connectivity index (χ2v) is 9.65. The SMILES string of the molecule is O=C1NC(=O)C(Cc2ccc(OCCNCCCCc3nc4ccccc4s3)cc2)S1. The number of ether oxygens (including phenoxy) is 1. The van der Waals surface area contributed by atoms with Crippen LogP contribution in [0.15, 0.2) is 48.5 Å². The summed E-state index contributed by atoms with van der Waals surface area (Å²) >= 11 is 2.84. The molecule has 8 heteroatoms. The predicted molar refractivity (Wildman–Crippen MR) is 126 cm³/mol. The number of amides is 2. The molecular weight excluding hydrogens is 430 g/mol. The summed E-state index contributed by atoms with van der Waals surface area (Å²) in [5.74, 6) is 0.600. The molecule has 0 aliphatic carbocycles. The van der Waals surface area contributed by atoms with Crippen molar-refractivity contribution in [3.05, 3.63) is 59.1 Å². The standard InChI is InChI=1S/C23H25N3O3S2/c27-22-20(31-23(28)26-22)15-16-8-10-17(11-9-16)29-14-13-24-12-4-3-7-21-25-18-5-1-2-6-19(18)30-21/h1-2,5-6,8-11,20,24H,3-4,7,12-15H2,(H,26,27,28). The third kappa shape index (κ3) is 6.29. The van der Waals surface area contributed by atoms with Crippen LogP contribution in [0.2, 0.25) is 0 Å². The monoisotopic (exact) mass is 455 g/mol. The fourth-order valence-corrected chi connectivity index (χ4v) is 5.25. The lowest BCUT2D eigenvalue weighted by molar-refractivity contribution is -0.118. The molecule has 3 aromatic rings. The molecule has 0 radical (unpaired) electrons. The molecule has 2 amide bonds. The number of hydrogen-bond acceptors (Lipinski definition) is 7. The number of rotatable bonds is 11. The van der Waals surface area contributed by atoms with E-state index in [-0.39, 0.29) is 16.4 Å². The number of hydrogen-bond donors (Lipinski definition) is 2. The molecule has 1 atom stereocenters. The molecule has 2 aromatic carbocycles. The summed E-state index contributed by atoms with van der Waals surface area (Å²) in [7, 11) is 0. The lowest BCUT2D eigenvalue weighted by Gasteiger charge is -2.09. The fourth-order valence-electron chi connectivity index (χ4n) is 3.38. The summed E-state index contributed by atoms with van der Waals surface area (Å²) in [5.41, 5.74) is 2.12. The first-order valence-corrected chi connectivity index (χ1v) is 12.2. The van der Waals surface area contributed by atoms with Crippen LogP contribution in [0.5, 0.6) is 5.75 Å². The number of aromatic nitrogens is 1. The average molecular weight is 456 g/mol. The van der Waals surface area contributed by atoms with Gasteiger partial charge in [-0.1, -0.05) is 36.0 Å². The Morgan fingerprint density at radius 2 is 1.87 bits per heavy atom. The Bertz CT molecular complexity index is 1000. The van der Waals surface area contributed by atoms with E-state index in [1.165, 1.54) is 9.71 Å². The van der Waals surface area contributed by atoms with E-state index in [1.54, 1.807) is 11.3 Å². The van der Waals surface area contributed by atoms with E-state index in [0.717, 1.165) is 60.9 Å². The van der Waals surface area contributed by atoms with Crippen molar-refractivity contribution >= 4 is 44.5 Å². The minimum absolute atomic E-state index is 0.207. The van der Waals surface area contributed by atoms with Crippen LogP contribution in [0.25, 0.3) is 10.2 Å². The summed E-state index contributed by atoms with van der Waals surface area (Å²) < 4.78 is 7.03. The molecule has 1 saturated heterocycles. The Labute approximate surface area is 189 Å². The summed E-state index contributed by atoms with van der Waals surface area (Å²) in [6, 6.07) is 16.0. The summed E-state index contributed by atoms with van der Waals surface area (Å²) in [6.45, 7) is 2.36. The van der Waals surface area contributed by atoms with Gasteiger partial charge in [0.05, 0.1) is 20.5 Å². The van der Waals surface area contributed by atoms with E-state index in [4.69, 9.17) is 4.74 Å². The molecule has 1 aliphatic rings. The second kappa shape index (κ2) is 10.7. The van der Waals surface area contributed by atoms with Gasteiger partial charge >= 0.3 is 0 Å². The average Bonchev–Trinajstić information content (AvgIpc) is 3.32. The van der Waals surface area contributed by atoms with Crippen LogP contribution >= 0.6 is 23.1 Å². The zero-order chi connectivity index (χ0) is 21.5. The number of para-hydroxylation sites is 1. The molecule has 31 heavy (non-hydrogen) atoms. The van der Waals surface area contributed by atoms with Gasteiger partial charge in [-0.15, -0.1) is 11.3 Å². The normalized spacial score (nSPS) is 16.1. The van der Waals surface area contributed by atoms with Gasteiger partial charge in [0.1, 0.15) is 12.4 Å². The van der Waals surface area contributed by atoms with E-state index < -0.39 is 0 Å². The van der Waals surface area contributed by atoms with Gasteiger partial charge in [-0.3, -0.25) is 14.9 Å². The van der Waals surface area contributed by atoms with Crippen molar-refractivity contribution < 1.29 is 14.3 Å². The van der Waals surface area contributed by atoms with Gasteiger partial charge in [-0.25, -0.2) is 4.98 Å². The maximum Gasteiger partial charge on any atom is 0.286 e. The smallest absolute Gasteiger partial charge is 0.286 e. The number of nitrogens with one attached hydrogen (secondary N) is 2. The first-order valence-electron chi connectivity index (χ1n) is 10.5. The van der Waals surface area contributed by atoms with Crippen molar-refractivity contribution in [3.8, 4) is 5.75 Å². The van der Waals surface area contributed by atoms with Crippen LogP contribution < -0.4 is 15.4 Å². The summed E-state index contributed by atoms with van der Waals surface area (Å²) in [4.78, 5) is 27.6. The van der Waals surface area contributed by atoms with E-state index in [9.17, 15) is 9.59 Å². The molecule has 1 aromatic heterocycles. The van der Waals surface area contributed by atoms with Crippen molar-refractivity contribution in [2.45, 2.75) is 30.9 Å². The van der Waals surface area contributed by atoms with Crippen molar-refractivity contribution in [2.24, 2.45) is 0 Å². The molecule has 1 unspecified atom stereocenters. The van der Waals surface area contributed by atoms with E-state index >= 15 is 0 Å². The molecule has 2 N–H and O–H groups in total. The number of nitrogens with zero attached hydrogens (tertiary/aromatic N) is 1. The van der Waals surface area contributed by atoms with Crippen LogP contribution in [0.1, 0.15) is 23.4 Å². The maximum atomic E-state index is 11.6. The molecular formula is C23H25N3O3S2. The molecule has 1 aliphatic heterocycles. The number of fused-ring (bicyclic) bond motifs is 1. The zero-order valence-electron chi connectivity index (χ0n) is 17.1. The number of carbonyl (C=O) groups excluding carboxylic acids is 2. The Kier molecular flexibility index (Phi) is 7.56. The van der Waals surface area contributed by atoms with Crippen molar-refractivity contribution in [1.29, 1.82) is 0 Å². The van der Waals surface area contributed by atoms with Crippen molar-refractivity contribution in [2.75, 3.05) is 19.7 Å². The fraction of sp³-hybridized carbons (Fsp3) is 0.348. The number of imide groups is 1. The van der Waals surface area contributed by atoms with Gasteiger partial charge in [0, 0.05) is 6.54 Å². The number of thiazole rings is 1. The quantitative estimate of drug-likeness (QED) is 0.422. The number of unbranched alkanes of at least 4 members (excludes halogenated alkanes) is 1. The third-order valence-corrected chi connectivity index (χ3v) is 7.07. The molecule has 6 nitrogen and oxygen atoms in total. The highest BCUT2D eigenvalue weighted by molar-refractivity contribution is 8.15. The largest absolute Gasteiger partial charge is 0.492 e. The highest BCUT2D eigenvalue weighted by Gasteiger charge is 2.31. The number of thioether (sulfide) groups is 1. The van der Waals surface area contributed by atoms with Crippen molar-refractivity contribution in [1.82, 2.24) is 15.6 Å².